The summed E-state index contributed by atoms with van der Waals surface area (Å²) in [5.41, 5.74) is -1.22. The molecule has 0 aliphatic carbocycles. The molecule has 0 saturated carbocycles. The highest BCUT2D eigenvalue weighted by molar-refractivity contribution is 6.02. The molecule has 1 amide bonds. The molecule has 0 aliphatic rings. The number of hydrogen-bond acceptors (Lipinski definition) is 4. The normalized spacial score (nSPS) is 10.7. The molecular formula is C13H17NO5. The van der Waals surface area contributed by atoms with Gasteiger partial charge in [-0.15, -0.1) is 0 Å². The highest BCUT2D eigenvalue weighted by Crippen LogP contribution is 2.28. The van der Waals surface area contributed by atoms with E-state index in [9.17, 15) is 9.59 Å². The molecule has 2 N–H and O–H groups in total. The second-order valence-corrected chi connectivity index (χ2v) is 4.42. The van der Waals surface area contributed by atoms with Crippen molar-refractivity contribution in [2.45, 2.75) is 19.4 Å². The number of rotatable bonds is 5. The number of amides is 1. The predicted molar refractivity (Wildman–Crippen MR) is 68.7 cm³/mol. The van der Waals surface area contributed by atoms with Gasteiger partial charge in [0, 0.05) is 0 Å². The highest BCUT2D eigenvalue weighted by atomic mass is 16.5. The van der Waals surface area contributed by atoms with Gasteiger partial charge in [0.15, 0.2) is 0 Å². The molecule has 104 valence electrons. The first-order valence-electron chi connectivity index (χ1n) is 5.60. The topological polar surface area (TPSA) is 84.9 Å². The molecule has 0 bridgehead atoms. The van der Waals surface area contributed by atoms with Crippen molar-refractivity contribution in [3.05, 3.63) is 23.8 Å². The lowest BCUT2D eigenvalue weighted by molar-refractivity contribution is -0.143. The Bertz CT molecular complexity index is 474. The van der Waals surface area contributed by atoms with Crippen molar-refractivity contribution in [1.82, 2.24) is 5.32 Å². The number of carboxylic acid groups (broad SMARTS) is 1. The molecule has 0 saturated heterocycles. The summed E-state index contributed by atoms with van der Waals surface area (Å²) in [4.78, 5) is 23.2. The Labute approximate surface area is 111 Å². The third-order valence-electron chi connectivity index (χ3n) is 2.62. The van der Waals surface area contributed by atoms with Crippen molar-refractivity contribution < 1.29 is 24.2 Å². The molecule has 1 rings (SSSR count). The summed E-state index contributed by atoms with van der Waals surface area (Å²) >= 11 is 0. The molecule has 1 aromatic carbocycles. The fourth-order valence-electron chi connectivity index (χ4n) is 1.47. The fraction of sp³-hybridized carbons (Fsp3) is 0.385. The average molecular weight is 267 g/mol. The quantitative estimate of drug-likeness (QED) is 0.839. The standard InChI is InChI=1S/C13H17NO5/c1-13(2,12(16)17)14-11(15)10-8(18-3)6-5-7-9(10)19-4/h5-7H,1-4H3,(H,14,15)(H,16,17). The second kappa shape index (κ2) is 5.60. The number of ether oxygens (including phenoxy) is 2. The zero-order valence-corrected chi connectivity index (χ0v) is 11.3. The summed E-state index contributed by atoms with van der Waals surface area (Å²) in [5.74, 6) is -1.06. The minimum absolute atomic E-state index is 0.168. The van der Waals surface area contributed by atoms with Crippen LogP contribution in [0.25, 0.3) is 0 Å². The summed E-state index contributed by atoms with van der Waals surface area (Å²) < 4.78 is 10.2. The third-order valence-corrected chi connectivity index (χ3v) is 2.62. The van der Waals surface area contributed by atoms with Gasteiger partial charge >= 0.3 is 5.97 Å². The lowest BCUT2D eigenvalue weighted by Crippen LogP contribution is -2.49. The number of methoxy groups -OCH3 is 2. The van der Waals surface area contributed by atoms with E-state index in [1.54, 1.807) is 18.2 Å². The largest absolute Gasteiger partial charge is 0.496 e. The molecule has 0 spiro atoms. The first-order valence-corrected chi connectivity index (χ1v) is 5.60. The summed E-state index contributed by atoms with van der Waals surface area (Å²) in [6.45, 7) is 2.80. The molecule has 19 heavy (non-hydrogen) atoms. The number of carbonyl (C=O) groups is 2. The molecule has 0 atom stereocenters. The average Bonchev–Trinajstić information content (AvgIpc) is 2.36. The SMILES string of the molecule is COc1cccc(OC)c1C(=O)NC(C)(C)C(=O)O. The number of nitrogens with one attached hydrogen (secondary N) is 1. The monoisotopic (exact) mass is 267 g/mol. The van der Waals surface area contributed by atoms with Gasteiger partial charge in [-0.2, -0.15) is 0 Å². The number of carboxylic acids is 1. The first-order chi connectivity index (χ1) is 8.83. The summed E-state index contributed by atoms with van der Waals surface area (Å²) in [5, 5.41) is 11.4. The Hall–Kier alpha value is -2.24. The van der Waals surface area contributed by atoms with Crippen molar-refractivity contribution in [2.75, 3.05) is 14.2 Å². The lowest BCUT2D eigenvalue weighted by Gasteiger charge is -2.22. The lowest BCUT2D eigenvalue weighted by atomic mass is 10.0. The molecule has 0 heterocycles. The van der Waals surface area contributed by atoms with E-state index in [2.05, 4.69) is 5.32 Å². The van der Waals surface area contributed by atoms with Gasteiger partial charge < -0.3 is 19.9 Å². The van der Waals surface area contributed by atoms with Gasteiger partial charge in [0.05, 0.1) is 14.2 Å². The maximum absolute atomic E-state index is 12.2. The van der Waals surface area contributed by atoms with Gasteiger partial charge in [-0.25, -0.2) is 4.79 Å². The Morgan fingerprint density at radius 1 is 1.16 bits per heavy atom. The van der Waals surface area contributed by atoms with Gasteiger partial charge in [0.2, 0.25) is 0 Å². The van der Waals surface area contributed by atoms with E-state index in [0.29, 0.717) is 11.5 Å². The Morgan fingerprint density at radius 2 is 1.63 bits per heavy atom. The predicted octanol–water partition coefficient (Wildman–Crippen LogP) is 1.30. The van der Waals surface area contributed by atoms with E-state index < -0.39 is 17.4 Å². The van der Waals surface area contributed by atoms with Crippen molar-refractivity contribution in [1.29, 1.82) is 0 Å². The summed E-state index contributed by atoms with van der Waals surface area (Å²) in [7, 11) is 2.85. The van der Waals surface area contributed by atoms with E-state index in [1.165, 1.54) is 28.1 Å². The van der Waals surface area contributed by atoms with Crippen LogP contribution < -0.4 is 14.8 Å². The number of carbonyl (C=O) groups excluding carboxylic acids is 1. The molecule has 6 heteroatoms. The third kappa shape index (κ3) is 3.15. The molecule has 0 aromatic heterocycles. The minimum Gasteiger partial charge on any atom is -0.496 e. The van der Waals surface area contributed by atoms with Gasteiger partial charge in [-0.1, -0.05) is 6.07 Å². The van der Waals surface area contributed by atoms with Crippen LogP contribution in [0.4, 0.5) is 0 Å². The zero-order valence-electron chi connectivity index (χ0n) is 11.3. The van der Waals surface area contributed by atoms with E-state index in [-0.39, 0.29) is 5.56 Å². The van der Waals surface area contributed by atoms with E-state index in [4.69, 9.17) is 14.6 Å². The molecule has 0 aliphatic heterocycles. The van der Waals surface area contributed by atoms with Crippen LogP contribution in [-0.4, -0.2) is 36.7 Å². The van der Waals surface area contributed by atoms with E-state index in [0.717, 1.165) is 0 Å². The maximum Gasteiger partial charge on any atom is 0.328 e. The van der Waals surface area contributed by atoms with Crippen LogP contribution in [0.1, 0.15) is 24.2 Å². The van der Waals surface area contributed by atoms with Crippen molar-refractivity contribution in [3.8, 4) is 11.5 Å². The Balaban J connectivity index is 3.15. The van der Waals surface area contributed by atoms with E-state index >= 15 is 0 Å². The molecule has 6 nitrogen and oxygen atoms in total. The minimum atomic E-state index is -1.39. The highest BCUT2D eigenvalue weighted by Gasteiger charge is 2.31. The smallest absolute Gasteiger partial charge is 0.328 e. The maximum atomic E-state index is 12.2. The van der Waals surface area contributed by atoms with Crippen LogP contribution >= 0.6 is 0 Å². The number of aliphatic carboxylic acids is 1. The molecule has 0 unspecified atom stereocenters. The summed E-state index contributed by atoms with van der Waals surface area (Å²) in [6, 6.07) is 4.88. The van der Waals surface area contributed by atoms with Crippen LogP contribution in [0.2, 0.25) is 0 Å². The van der Waals surface area contributed by atoms with Crippen LogP contribution in [0.5, 0.6) is 11.5 Å². The number of benzene rings is 1. The summed E-state index contributed by atoms with van der Waals surface area (Å²) in [6.07, 6.45) is 0. The van der Waals surface area contributed by atoms with Crippen LogP contribution in [-0.2, 0) is 4.79 Å². The Kier molecular flexibility index (Phi) is 4.37. The van der Waals surface area contributed by atoms with Crippen molar-refractivity contribution in [3.63, 3.8) is 0 Å². The first kappa shape index (κ1) is 14.8. The zero-order chi connectivity index (χ0) is 14.6. The van der Waals surface area contributed by atoms with Crippen LogP contribution in [0.15, 0.2) is 18.2 Å². The van der Waals surface area contributed by atoms with Crippen molar-refractivity contribution in [2.24, 2.45) is 0 Å². The molecular weight excluding hydrogens is 250 g/mol. The van der Waals surface area contributed by atoms with Gasteiger partial charge in [0.1, 0.15) is 22.6 Å². The second-order valence-electron chi connectivity index (χ2n) is 4.42. The molecule has 0 fully saturated rings. The van der Waals surface area contributed by atoms with E-state index in [1.807, 2.05) is 0 Å². The van der Waals surface area contributed by atoms with Gasteiger partial charge in [0.25, 0.3) is 5.91 Å². The molecule has 1 aromatic rings. The van der Waals surface area contributed by atoms with Gasteiger partial charge in [-0.05, 0) is 26.0 Å². The Morgan fingerprint density at radius 3 is 2.00 bits per heavy atom. The van der Waals surface area contributed by atoms with Crippen LogP contribution in [0.3, 0.4) is 0 Å². The van der Waals surface area contributed by atoms with Crippen LogP contribution in [0, 0.1) is 0 Å². The fourth-order valence-corrected chi connectivity index (χ4v) is 1.47. The number of hydrogen-bond donors (Lipinski definition) is 2. The van der Waals surface area contributed by atoms with Gasteiger partial charge in [-0.3, -0.25) is 4.79 Å². The van der Waals surface area contributed by atoms with Crippen molar-refractivity contribution >= 4 is 11.9 Å². The molecule has 0 radical (unpaired) electrons.